The van der Waals surface area contributed by atoms with Crippen LogP contribution in [0.4, 0.5) is 5.69 Å². The molecule has 0 aliphatic heterocycles. The van der Waals surface area contributed by atoms with E-state index in [2.05, 4.69) is 0 Å². The zero-order chi connectivity index (χ0) is 12.3. The average Bonchev–Trinajstić information content (AvgIpc) is 2.26. The molecule has 0 N–H and O–H groups in total. The monoisotopic (exact) mass is 243 g/mol. The lowest BCUT2D eigenvalue weighted by Gasteiger charge is -2.04. The summed E-state index contributed by atoms with van der Waals surface area (Å²) in [5.74, 6) is -0.182. The van der Waals surface area contributed by atoms with Gasteiger partial charge in [0.1, 0.15) is 0 Å². The third kappa shape index (κ3) is 2.17. The van der Waals surface area contributed by atoms with Crippen molar-refractivity contribution in [3.63, 3.8) is 0 Å². The summed E-state index contributed by atoms with van der Waals surface area (Å²) in [6, 6.07) is 2.16. The number of methoxy groups -OCH3 is 1. The third-order valence-corrected chi connectivity index (χ3v) is 2.08. The number of halogens is 1. The van der Waals surface area contributed by atoms with Gasteiger partial charge in [-0.15, -0.1) is 0 Å². The zero-order valence-electron chi connectivity index (χ0n) is 8.10. The van der Waals surface area contributed by atoms with Crippen LogP contribution in [0.3, 0.4) is 0 Å². The number of rotatable bonds is 4. The lowest BCUT2D eigenvalue weighted by Crippen LogP contribution is -2.01. The number of hydrogen-bond acceptors (Lipinski definition) is 5. The summed E-state index contributed by atoms with van der Waals surface area (Å²) in [7, 11) is 1.19. The number of nitro groups is 1. The third-order valence-electron chi connectivity index (χ3n) is 1.86. The van der Waals surface area contributed by atoms with Gasteiger partial charge in [-0.25, -0.2) is 0 Å². The summed E-state index contributed by atoms with van der Waals surface area (Å²) in [6.07, 6.45) is 0.268. The van der Waals surface area contributed by atoms with Crippen LogP contribution in [0.1, 0.15) is 20.7 Å². The van der Waals surface area contributed by atoms with Gasteiger partial charge in [-0.05, 0) is 23.7 Å². The molecule has 1 aromatic rings. The minimum Gasteiger partial charge on any atom is -0.490 e. The molecule has 0 saturated carbocycles. The summed E-state index contributed by atoms with van der Waals surface area (Å²) in [5, 5.41) is 9.87. The molecule has 0 atom stereocenters. The van der Waals surface area contributed by atoms with Crippen LogP contribution in [0, 0.1) is 10.1 Å². The molecular weight excluding hydrogens is 238 g/mol. The van der Waals surface area contributed by atoms with Crippen molar-refractivity contribution in [1.29, 1.82) is 0 Å². The predicted octanol–water partition coefficient (Wildman–Crippen LogP) is 1.79. The summed E-state index contributed by atoms with van der Waals surface area (Å²) >= 11 is 5.21. The largest absolute Gasteiger partial charge is 0.490 e. The second-order valence-corrected chi connectivity index (χ2v) is 3.11. The lowest BCUT2D eigenvalue weighted by atomic mass is 10.1. The number of benzene rings is 1. The first-order valence-electron chi connectivity index (χ1n) is 4.02. The van der Waals surface area contributed by atoms with Gasteiger partial charge in [0.2, 0.25) is 0 Å². The fraction of sp³-hybridized carbons (Fsp3) is 0.111. The normalized spacial score (nSPS) is 9.62. The van der Waals surface area contributed by atoms with Crippen molar-refractivity contribution in [1.82, 2.24) is 0 Å². The predicted molar refractivity (Wildman–Crippen MR) is 55.2 cm³/mol. The van der Waals surface area contributed by atoms with Crippen molar-refractivity contribution in [3.8, 4) is 5.75 Å². The smallest absolute Gasteiger partial charge is 0.321 e. The van der Waals surface area contributed by atoms with Crippen molar-refractivity contribution in [3.05, 3.63) is 33.4 Å². The minimum atomic E-state index is -0.823. The van der Waals surface area contributed by atoms with Crippen molar-refractivity contribution >= 4 is 28.8 Å². The highest BCUT2D eigenvalue weighted by atomic mass is 35.5. The molecule has 16 heavy (non-hydrogen) atoms. The standard InChI is InChI=1S/C9H6ClNO5/c1-16-7-3-5(9(10)13)2-6(4-12)8(7)11(14)15/h2-4H,1H3. The molecule has 0 fully saturated rings. The van der Waals surface area contributed by atoms with E-state index in [1.165, 1.54) is 7.11 Å². The maximum Gasteiger partial charge on any atom is 0.321 e. The quantitative estimate of drug-likeness (QED) is 0.348. The van der Waals surface area contributed by atoms with Gasteiger partial charge in [0.15, 0.2) is 12.0 Å². The van der Waals surface area contributed by atoms with E-state index < -0.39 is 15.9 Å². The fourth-order valence-corrected chi connectivity index (χ4v) is 1.29. The first kappa shape index (κ1) is 12.1. The highest BCUT2D eigenvalue weighted by Crippen LogP contribution is 2.31. The van der Waals surface area contributed by atoms with Gasteiger partial charge in [0.25, 0.3) is 5.24 Å². The van der Waals surface area contributed by atoms with Gasteiger partial charge in [-0.3, -0.25) is 19.7 Å². The fourth-order valence-electron chi connectivity index (χ4n) is 1.18. The summed E-state index contributed by atoms with van der Waals surface area (Å²) in [6.45, 7) is 0. The molecule has 0 aromatic heterocycles. The molecule has 0 aliphatic rings. The highest BCUT2D eigenvalue weighted by molar-refractivity contribution is 6.67. The summed E-state index contributed by atoms with van der Waals surface area (Å²) in [4.78, 5) is 31.5. The van der Waals surface area contributed by atoms with Gasteiger partial charge < -0.3 is 4.74 Å². The van der Waals surface area contributed by atoms with Crippen LogP contribution >= 0.6 is 11.6 Å². The SMILES string of the molecule is COc1cc(C(=O)Cl)cc(C=O)c1[N+](=O)[O-]. The molecule has 0 bridgehead atoms. The van der Waals surface area contributed by atoms with Gasteiger partial charge in [0, 0.05) is 5.56 Å². The van der Waals surface area contributed by atoms with E-state index in [1.54, 1.807) is 0 Å². The Morgan fingerprint density at radius 3 is 2.56 bits per heavy atom. The molecule has 1 rings (SSSR count). The second-order valence-electron chi connectivity index (χ2n) is 2.77. The van der Waals surface area contributed by atoms with Crippen molar-refractivity contribution < 1.29 is 19.2 Å². The number of nitrogens with zero attached hydrogens (tertiary/aromatic N) is 1. The molecule has 7 heteroatoms. The van der Waals surface area contributed by atoms with Gasteiger partial charge in [0.05, 0.1) is 17.6 Å². The maximum atomic E-state index is 10.9. The summed E-state index contributed by atoms with van der Waals surface area (Å²) < 4.78 is 4.73. The first-order chi connectivity index (χ1) is 7.51. The van der Waals surface area contributed by atoms with E-state index in [0.717, 1.165) is 12.1 Å². The Balaban J connectivity index is 3.55. The number of carbonyl (C=O) groups excluding carboxylic acids is 2. The molecule has 0 heterocycles. The Kier molecular flexibility index (Phi) is 3.57. The van der Waals surface area contributed by atoms with Crippen LogP contribution in [0.15, 0.2) is 12.1 Å². The van der Waals surface area contributed by atoms with Crippen LogP contribution in [-0.2, 0) is 0 Å². The van der Waals surface area contributed by atoms with Crippen LogP contribution in [0.5, 0.6) is 5.75 Å². The van der Waals surface area contributed by atoms with E-state index >= 15 is 0 Å². The molecule has 0 radical (unpaired) electrons. The van der Waals surface area contributed by atoms with Gasteiger partial charge in [-0.2, -0.15) is 0 Å². The summed E-state index contributed by atoms with van der Waals surface area (Å²) in [5.41, 5.74) is -0.779. The maximum absolute atomic E-state index is 10.9. The van der Waals surface area contributed by atoms with Crippen LogP contribution < -0.4 is 4.74 Å². The topological polar surface area (TPSA) is 86.5 Å². The Hall–Kier alpha value is -1.95. The number of carbonyl (C=O) groups is 2. The molecule has 0 saturated heterocycles. The number of hydrogen-bond donors (Lipinski definition) is 0. The molecule has 0 unspecified atom stereocenters. The molecule has 84 valence electrons. The van der Waals surface area contributed by atoms with Crippen LogP contribution in [-0.4, -0.2) is 23.6 Å². The van der Waals surface area contributed by atoms with E-state index in [9.17, 15) is 19.7 Å². The molecular formula is C9H6ClNO5. The van der Waals surface area contributed by atoms with Crippen LogP contribution in [0.2, 0.25) is 0 Å². The zero-order valence-corrected chi connectivity index (χ0v) is 8.85. The Morgan fingerprint density at radius 2 is 2.19 bits per heavy atom. The Labute approximate surface area is 94.9 Å². The second kappa shape index (κ2) is 4.71. The molecule has 6 nitrogen and oxygen atoms in total. The molecule has 0 spiro atoms. The lowest BCUT2D eigenvalue weighted by molar-refractivity contribution is -0.386. The Morgan fingerprint density at radius 1 is 1.56 bits per heavy atom. The van der Waals surface area contributed by atoms with Crippen molar-refractivity contribution in [2.24, 2.45) is 0 Å². The van der Waals surface area contributed by atoms with Gasteiger partial charge in [-0.1, -0.05) is 0 Å². The molecule has 1 aromatic carbocycles. The van der Waals surface area contributed by atoms with E-state index in [1.807, 2.05) is 0 Å². The number of nitro benzene ring substituents is 1. The van der Waals surface area contributed by atoms with Crippen molar-refractivity contribution in [2.45, 2.75) is 0 Å². The highest BCUT2D eigenvalue weighted by Gasteiger charge is 2.23. The average molecular weight is 244 g/mol. The molecule has 0 amide bonds. The number of ether oxygens (including phenoxy) is 1. The Bertz CT molecular complexity index is 471. The van der Waals surface area contributed by atoms with Crippen molar-refractivity contribution in [2.75, 3.05) is 7.11 Å². The van der Waals surface area contributed by atoms with Gasteiger partial charge >= 0.3 is 5.69 Å². The van der Waals surface area contributed by atoms with Crippen LogP contribution in [0.25, 0.3) is 0 Å². The van der Waals surface area contributed by atoms with E-state index in [4.69, 9.17) is 16.3 Å². The minimum absolute atomic E-state index is 0.0359. The first-order valence-corrected chi connectivity index (χ1v) is 4.40. The van der Waals surface area contributed by atoms with E-state index in [-0.39, 0.29) is 23.2 Å². The number of aldehydes is 1. The van der Waals surface area contributed by atoms with E-state index in [0.29, 0.717) is 0 Å². The molecule has 0 aliphatic carbocycles.